The van der Waals surface area contributed by atoms with Gasteiger partial charge in [0.05, 0.1) is 23.9 Å². The van der Waals surface area contributed by atoms with Crippen molar-refractivity contribution in [1.29, 1.82) is 0 Å². The molecule has 1 saturated heterocycles. The van der Waals surface area contributed by atoms with Gasteiger partial charge in [0.25, 0.3) is 11.8 Å². The second-order valence-corrected chi connectivity index (χ2v) is 8.73. The summed E-state index contributed by atoms with van der Waals surface area (Å²) in [7, 11) is 1.25. The van der Waals surface area contributed by atoms with Crippen LogP contribution in [0.3, 0.4) is 0 Å². The summed E-state index contributed by atoms with van der Waals surface area (Å²) in [5.41, 5.74) is 1.33. The van der Waals surface area contributed by atoms with Gasteiger partial charge in [-0.15, -0.1) is 0 Å². The third kappa shape index (κ3) is 5.48. The van der Waals surface area contributed by atoms with Crippen molar-refractivity contribution in [3.8, 4) is 11.5 Å². The molecule has 0 saturated carbocycles. The minimum absolute atomic E-state index is 0.238. The quantitative estimate of drug-likeness (QED) is 0.291. The fraction of sp³-hybridized carbons (Fsp3) is 0.217. The van der Waals surface area contributed by atoms with Crippen LogP contribution < -0.4 is 19.7 Å². The van der Waals surface area contributed by atoms with Gasteiger partial charge < -0.3 is 14.2 Å². The van der Waals surface area contributed by atoms with E-state index in [0.29, 0.717) is 22.3 Å². The third-order valence-electron chi connectivity index (χ3n) is 4.71. The Morgan fingerprint density at radius 1 is 1.09 bits per heavy atom. The number of esters is 1. The maximum absolute atomic E-state index is 13.2. The summed E-state index contributed by atoms with van der Waals surface area (Å²) >= 11 is 6.75. The van der Waals surface area contributed by atoms with Crippen LogP contribution in [-0.2, 0) is 19.1 Å². The first-order chi connectivity index (χ1) is 16.2. The van der Waals surface area contributed by atoms with Crippen LogP contribution in [0.2, 0.25) is 0 Å². The van der Waals surface area contributed by atoms with E-state index in [1.807, 2.05) is 6.92 Å². The molecule has 1 aliphatic rings. The molecule has 2 aromatic carbocycles. The first-order valence-electron chi connectivity index (χ1n) is 9.99. The fourth-order valence-corrected chi connectivity index (χ4v) is 3.91. The highest BCUT2D eigenvalue weighted by atomic mass is 79.9. The van der Waals surface area contributed by atoms with Crippen molar-refractivity contribution in [2.24, 2.45) is 0 Å². The number of halogens is 2. The number of methoxy groups -OCH3 is 1. The zero-order valence-corrected chi connectivity index (χ0v) is 21.6. The number of nitrogens with one attached hydrogen (secondary N) is 1. The van der Waals surface area contributed by atoms with Gasteiger partial charge in [0.2, 0.25) is 0 Å². The van der Waals surface area contributed by atoms with Crippen LogP contribution >= 0.6 is 31.9 Å². The highest BCUT2D eigenvalue weighted by Crippen LogP contribution is 2.38. The van der Waals surface area contributed by atoms with Crippen LogP contribution in [-0.4, -0.2) is 44.1 Å². The van der Waals surface area contributed by atoms with Gasteiger partial charge in [-0.1, -0.05) is 15.9 Å². The molecule has 3 rings (SSSR count). The van der Waals surface area contributed by atoms with Crippen LogP contribution in [0.25, 0.3) is 6.08 Å². The molecule has 0 bridgehead atoms. The predicted molar refractivity (Wildman–Crippen MR) is 131 cm³/mol. The van der Waals surface area contributed by atoms with E-state index < -0.39 is 23.8 Å². The Bertz CT molecular complexity index is 1210. The molecule has 0 unspecified atom stereocenters. The predicted octanol–water partition coefficient (Wildman–Crippen LogP) is 4.14. The molecule has 11 heteroatoms. The number of urea groups is 1. The average Bonchev–Trinajstić information content (AvgIpc) is 2.78. The molecule has 1 aliphatic heterocycles. The molecule has 4 amide bonds. The van der Waals surface area contributed by atoms with Crippen molar-refractivity contribution < 1.29 is 33.4 Å². The van der Waals surface area contributed by atoms with Crippen molar-refractivity contribution in [3.05, 3.63) is 56.0 Å². The van der Waals surface area contributed by atoms with Gasteiger partial charge >= 0.3 is 12.0 Å². The Hall–Kier alpha value is -3.18. The minimum atomic E-state index is -0.836. The standard InChI is InChI=1S/C23H20Br2N2O7/c1-4-33-18-10-13(9-17(25)20(18)34-11-19(28)32-3)8-15-21(29)26-23(31)27(22(15)30)14-5-6-16(24)12(2)7-14/h5-10H,4,11H2,1-3H3,(H,26,29,31)/b15-8+. The van der Waals surface area contributed by atoms with E-state index in [-0.39, 0.29) is 23.7 Å². The summed E-state index contributed by atoms with van der Waals surface area (Å²) in [5, 5.41) is 2.20. The van der Waals surface area contributed by atoms with Gasteiger partial charge in [0.1, 0.15) is 5.57 Å². The van der Waals surface area contributed by atoms with Crippen molar-refractivity contribution in [2.75, 3.05) is 25.2 Å². The Balaban J connectivity index is 2.00. The van der Waals surface area contributed by atoms with E-state index in [9.17, 15) is 19.2 Å². The fourth-order valence-electron chi connectivity index (χ4n) is 3.09. The number of aryl methyl sites for hydroxylation is 1. The summed E-state index contributed by atoms with van der Waals surface area (Å²) in [6, 6.07) is 7.28. The maximum atomic E-state index is 13.2. The van der Waals surface area contributed by atoms with E-state index in [1.54, 1.807) is 37.3 Å². The second kappa shape index (κ2) is 10.8. The number of hydrogen-bond acceptors (Lipinski definition) is 7. The van der Waals surface area contributed by atoms with E-state index in [2.05, 4.69) is 41.9 Å². The van der Waals surface area contributed by atoms with Crippen LogP contribution in [0.4, 0.5) is 10.5 Å². The highest BCUT2D eigenvalue weighted by molar-refractivity contribution is 9.10. The SMILES string of the molecule is CCOc1cc(/C=C2\C(=O)NC(=O)N(c3ccc(Br)c(C)c3)C2=O)cc(Br)c1OCC(=O)OC. The number of nitrogens with zero attached hydrogens (tertiary/aromatic N) is 1. The molecular formula is C23H20Br2N2O7. The number of carbonyl (C=O) groups excluding carboxylic acids is 4. The van der Waals surface area contributed by atoms with Gasteiger partial charge in [0, 0.05) is 4.47 Å². The number of imide groups is 2. The Morgan fingerprint density at radius 3 is 2.47 bits per heavy atom. The minimum Gasteiger partial charge on any atom is -0.490 e. The van der Waals surface area contributed by atoms with Gasteiger partial charge in [0.15, 0.2) is 18.1 Å². The number of amides is 4. The van der Waals surface area contributed by atoms with Crippen LogP contribution in [0.5, 0.6) is 11.5 Å². The van der Waals surface area contributed by atoms with Gasteiger partial charge in [-0.3, -0.25) is 14.9 Å². The number of hydrogen-bond donors (Lipinski definition) is 1. The van der Waals surface area contributed by atoms with E-state index >= 15 is 0 Å². The molecule has 1 heterocycles. The smallest absolute Gasteiger partial charge is 0.343 e. The molecule has 0 aromatic heterocycles. The lowest BCUT2D eigenvalue weighted by molar-refractivity contribution is -0.143. The summed E-state index contributed by atoms with van der Waals surface area (Å²) in [4.78, 5) is 50.5. The van der Waals surface area contributed by atoms with Crippen molar-refractivity contribution >= 4 is 67.4 Å². The average molecular weight is 596 g/mol. The van der Waals surface area contributed by atoms with Crippen molar-refractivity contribution in [1.82, 2.24) is 5.32 Å². The third-order valence-corrected chi connectivity index (χ3v) is 6.18. The molecule has 9 nitrogen and oxygen atoms in total. The lowest BCUT2D eigenvalue weighted by atomic mass is 10.1. The first-order valence-corrected chi connectivity index (χ1v) is 11.6. The zero-order valence-electron chi connectivity index (χ0n) is 18.4. The Morgan fingerprint density at radius 2 is 1.82 bits per heavy atom. The summed E-state index contributed by atoms with van der Waals surface area (Å²) < 4.78 is 16.9. The molecular weight excluding hydrogens is 576 g/mol. The van der Waals surface area contributed by atoms with E-state index in [0.717, 1.165) is 14.9 Å². The second-order valence-electron chi connectivity index (χ2n) is 7.02. The normalized spacial score (nSPS) is 14.8. The molecule has 0 aliphatic carbocycles. The topological polar surface area (TPSA) is 111 Å². The molecule has 1 N–H and O–H groups in total. The number of carbonyl (C=O) groups is 4. The van der Waals surface area contributed by atoms with E-state index in [1.165, 1.54) is 13.2 Å². The van der Waals surface area contributed by atoms with Crippen LogP contribution in [0.15, 0.2) is 44.9 Å². The van der Waals surface area contributed by atoms with Crippen molar-refractivity contribution in [2.45, 2.75) is 13.8 Å². The molecule has 1 fully saturated rings. The number of ether oxygens (including phenoxy) is 3. The lowest BCUT2D eigenvalue weighted by Crippen LogP contribution is -2.54. The van der Waals surface area contributed by atoms with Crippen LogP contribution in [0, 0.1) is 6.92 Å². The van der Waals surface area contributed by atoms with Gasteiger partial charge in [-0.2, -0.15) is 0 Å². The first kappa shape index (κ1) is 25.4. The lowest BCUT2D eigenvalue weighted by Gasteiger charge is -2.26. The molecule has 178 valence electrons. The molecule has 34 heavy (non-hydrogen) atoms. The van der Waals surface area contributed by atoms with Gasteiger partial charge in [-0.05, 0) is 77.3 Å². The molecule has 0 radical (unpaired) electrons. The zero-order chi connectivity index (χ0) is 25.0. The number of rotatable bonds is 7. The van der Waals surface area contributed by atoms with Crippen LogP contribution in [0.1, 0.15) is 18.1 Å². The van der Waals surface area contributed by atoms with E-state index in [4.69, 9.17) is 9.47 Å². The van der Waals surface area contributed by atoms with Crippen molar-refractivity contribution in [3.63, 3.8) is 0 Å². The monoisotopic (exact) mass is 594 g/mol. The largest absolute Gasteiger partial charge is 0.490 e. The molecule has 0 spiro atoms. The summed E-state index contributed by atoms with van der Waals surface area (Å²) in [6.07, 6.45) is 1.35. The highest BCUT2D eigenvalue weighted by Gasteiger charge is 2.37. The number of barbiturate groups is 1. The molecule has 2 aromatic rings. The Labute approximate surface area is 212 Å². The maximum Gasteiger partial charge on any atom is 0.343 e. The van der Waals surface area contributed by atoms with Gasteiger partial charge in [-0.25, -0.2) is 14.5 Å². The summed E-state index contributed by atoms with van der Waals surface area (Å²) in [5.74, 6) is -1.61. The number of benzene rings is 2. The molecule has 0 atom stereocenters. The summed E-state index contributed by atoms with van der Waals surface area (Å²) in [6.45, 7) is 3.55. The number of anilines is 1. The Kier molecular flexibility index (Phi) is 8.11.